The summed E-state index contributed by atoms with van der Waals surface area (Å²) in [5, 5.41) is 2.53. The number of nitrogens with zero attached hydrogens (tertiary/aromatic N) is 1. The van der Waals surface area contributed by atoms with Crippen molar-refractivity contribution in [1.82, 2.24) is 9.88 Å². The second-order valence-corrected chi connectivity index (χ2v) is 6.81. The Morgan fingerprint density at radius 2 is 1.74 bits per heavy atom. The van der Waals surface area contributed by atoms with E-state index in [-0.39, 0.29) is 24.0 Å². The van der Waals surface area contributed by atoms with Crippen LogP contribution in [0, 0.1) is 13.8 Å². The third kappa shape index (κ3) is 5.09. The van der Waals surface area contributed by atoms with E-state index in [1.165, 1.54) is 19.2 Å². The van der Waals surface area contributed by atoms with Crippen molar-refractivity contribution < 1.29 is 27.8 Å². The van der Waals surface area contributed by atoms with E-state index < -0.39 is 6.61 Å². The molecule has 3 aromatic rings. The molecule has 0 saturated heterocycles. The molecular weight excluding hydrogens is 406 g/mol. The number of alkyl halides is 2. The highest BCUT2D eigenvalue weighted by Crippen LogP contribution is 2.24. The molecule has 0 aliphatic carbocycles. The van der Waals surface area contributed by atoms with Crippen LogP contribution in [0.3, 0.4) is 0 Å². The van der Waals surface area contributed by atoms with Gasteiger partial charge in [0.1, 0.15) is 11.5 Å². The van der Waals surface area contributed by atoms with Gasteiger partial charge in [-0.15, -0.1) is 0 Å². The van der Waals surface area contributed by atoms with Crippen LogP contribution in [0.2, 0.25) is 0 Å². The summed E-state index contributed by atoms with van der Waals surface area (Å²) in [5.74, 6) is 0.00964. The molecule has 0 aliphatic heterocycles. The molecule has 1 N–H and O–H groups in total. The van der Waals surface area contributed by atoms with Crippen molar-refractivity contribution in [3.8, 4) is 17.2 Å². The quantitative estimate of drug-likeness (QED) is 0.543. The van der Waals surface area contributed by atoms with Crippen LogP contribution in [0.5, 0.6) is 11.5 Å². The number of amides is 1. The lowest BCUT2D eigenvalue weighted by molar-refractivity contribution is -0.0498. The third-order valence-corrected chi connectivity index (χ3v) is 4.74. The fourth-order valence-corrected chi connectivity index (χ4v) is 3.32. The van der Waals surface area contributed by atoms with Crippen molar-refractivity contribution in [1.29, 1.82) is 0 Å². The lowest BCUT2D eigenvalue weighted by atomic mass is 10.1. The van der Waals surface area contributed by atoms with E-state index in [1.807, 2.05) is 11.5 Å². The van der Waals surface area contributed by atoms with Gasteiger partial charge < -0.3 is 19.4 Å². The number of carbonyl (C=O) groups is 2. The van der Waals surface area contributed by atoms with Gasteiger partial charge in [0.2, 0.25) is 5.78 Å². The molecule has 0 bridgehead atoms. The first kappa shape index (κ1) is 22.0. The number of aromatic nitrogens is 1. The Labute approximate surface area is 178 Å². The van der Waals surface area contributed by atoms with Crippen LogP contribution in [0.1, 0.15) is 32.1 Å². The number of halogens is 2. The Morgan fingerprint density at radius 1 is 1.03 bits per heavy atom. The van der Waals surface area contributed by atoms with Crippen molar-refractivity contribution >= 4 is 11.7 Å². The zero-order valence-electron chi connectivity index (χ0n) is 17.3. The Kier molecular flexibility index (Phi) is 6.69. The van der Waals surface area contributed by atoms with Gasteiger partial charge in [-0.05, 0) is 62.4 Å². The predicted molar refractivity (Wildman–Crippen MR) is 112 cm³/mol. The molecule has 0 unspecified atom stereocenters. The molecule has 8 heteroatoms. The number of Topliss-reactive ketones (excluding diaryl/α,β-unsaturated/α-hetero) is 1. The van der Waals surface area contributed by atoms with Gasteiger partial charge in [0.25, 0.3) is 5.91 Å². The van der Waals surface area contributed by atoms with Crippen molar-refractivity contribution in [3.05, 3.63) is 77.1 Å². The largest absolute Gasteiger partial charge is 0.485 e. The van der Waals surface area contributed by atoms with Gasteiger partial charge in [-0.25, -0.2) is 0 Å². The molecule has 162 valence electrons. The van der Waals surface area contributed by atoms with E-state index in [9.17, 15) is 18.4 Å². The van der Waals surface area contributed by atoms with E-state index in [0.29, 0.717) is 22.6 Å². The van der Waals surface area contributed by atoms with Crippen LogP contribution >= 0.6 is 0 Å². The zero-order chi connectivity index (χ0) is 22.5. The van der Waals surface area contributed by atoms with Crippen molar-refractivity contribution in [2.24, 2.45) is 0 Å². The normalized spacial score (nSPS) is 10.8. The van der Waals surface area contributed by atoms with Crippen molar-refractivity contribution in [2.45, 2.75) is 20.5 Å². The van der Waals surface area contributed by atoms with Crippen LogP contribution < -0.4 is 14.8 Å². The molecule has 0 fully saturated rings. The number of ketones is 1. The first-order chi connectivity index (χ1) is 14.8. The Hall–Kier alpha value is -3.68. The number of hydrogen-bond acceptors (Lipinski definition) is 4. The van der Waals surface area contributed by atoms with Crippen LogP contribution in [0.4, 0.5) is 8.78 Å². The van der Waals surface area contributed by atoms with Crippen LogP contribution in [-0.2, 0) is 0 Å². The van der Waals surface area contributed by atoms with Gasteiger partial charge in [0, 0.05) is 35.2 Å². The number of hydrogen-bond donors (Lipinski definition) is 1. The van der Waals surface area contributed by atoms with Gasteiger partial charge in [-0.3, -0.25) is 9.59 Å². The molecule has 0 radical (unpaired) electrons. The minimum Gasteiger partial charge on any atom is -0.485 e. The molecule has 0 saturated carbocycles. The summed E-state index contributed by atoms with van der Waals surface area (Å²) in [4.78, 5) is 24.5. The van der Waals surface area contributed by atoms with Crippen molar-refractivity contribution in [2.75, 3.05) is 13.7 Å². The van der Waals surface area contributed by atoms with Crippen molar-refractivity contribution in [3.63, 3.8) is 0 Å². The van der Waals surface area contributed by atoms with Crippen LogP contribution in [-0.4, -0.2) is 36.5 Å². The smallest absolute Gasteiger partial charge is 0.387 e. The van der Waals surface area contributed by atoms with E-state index in [2.05, 4.69) is 10.1 Å². The lowest BCUT2D eigenvalue weighted by Gasteiger charge is -2.11. The molecule has 31 heavy (non-hydrogen) atoms. The number of carbonyl (C=O) groups excluding carboxylic acids is 2. The third-order valence-electron chi connectivity index (χ3n) is 4.74. The zero-order valence-corrected chi connectivity index (χ0v) is 17.3. The average Bonchev–Trinajstić information content (AvgIpc) is 3.06. The fourth-order valence-electron chi connectivity index (χ4n) is 3.32. The Bertz CT molecular complexity index is 1090. The maximum Gasteiger partial charge on any atom is 0.387 e. The van der Waals surface area contributed by atoms with Crippen LogP contribution in [0.25, 0.3) is 5.69 Å². The molecular formula is C23H22F2N2O4. The molecule has 2 aromatic carbocycles. The number of rotatable bonds is 8. The summed E-state index contributed by atoms with van der Waals surface area (Å²) in [6, 6.07) is 14.5. The first-order valence-corrected chi connectivity index (χ1v) is 9.52. The SMILES string of the molecule is CNC(=O)c1cccc(OCC(=O)c2cc(C)n(-c3ccc(OC(F)F)cc3)c2C)c1. The summed E-state index contributed by atoms with van der Waals surface area (Å²) < 4.78 is 36.5. The molecule has 1 aromatic heterocycles. The van der Waals surface area contributed by atoms with Gasteiger partial charge in [0.15, 0.2) is 6.61 Å². The topological polar surface area (TPSA) is 69.6 Å². The highest BCUT2D eigenvalue weighted by atomic mass is 19.3. The number of ether oxygens (including phenoxy) is 2. The molecule has 3 rings (SSSR count). The molecule has 0 aliphatic rings. The van der Waals surface area contributed by atoms with Gasteiger partial charge in [-0.1, -0.05) is 6.07 Å². The van der Waals surface area contributed by atoms with Gasteiger partial charge >= 0.3 is 6.61 Å². The minimum absolute atomic E-state index is 0.0601. The molecule has 1 amide bonds. The number of aryl methyl sites for hydroxylation is 1. The number of nitrogens with one attached hydrogen (secondary N) is 1. The second-order valence-electron chi connectivity index (χ2n) is 6.81. The Morgan fingerprint density at radius 3 is 2.39 bits per heavy atom. The Balaban J connectivity index is 1.75. The monoisotopic (exact) mass is 428 g/mol. The number of benzene rings is 2. The summed E-state index contributed by atoms with van der Waals surface area (Å²) >= 11 is 0. The van der Waals surface area contributed by atoms with E-state index in [4.69, 9.17) is 4.74 Å². The maximum absolute atomic E-state index is 12.8. The summed E-state index contributed by atoms with van der Waals surface area (Å²) in [7, 11) is 1.54. The standard InChI is InChI=1S/C23H22F2N2O4/c1-14-11-20(15(2)27(14)17-7-9-18(10-8-17)31-23(24)25)21(28)13-30-19-6-4-5-16(12-19)22(29)26-3/h4-12,23H,13H2,1-3H3,(H,26,29). The molecule has 0 atom stereocenters. The summed E-state index contributed by atoms with van der Waals surface area (Å²) in [6.45, 7) is 0.571. The summed E-state index contributed by atoms with van der Waals surface area (Å²) in [5.41, 5.74) is 3.16. The van der Waals surface area contributed by atoms with Gasteiger partial charge in [0.05, 0.1) is 0 Å². The first-order valence-electron chi connectivity index (χ1n) is 9.52. The summed E-state index contributed by atoms with van der Waals surface area (Å²) in [6.07, 6.45) is 0. The van der Waals surface area contributed by atoms with E-state index >= 15 is 0 Å². The van der Waals surface area contributed by atoms with E-state index in [1.54, 1.807) is 49.4 Å². The van der Waals surface area contributed by atoms with E-state index in [0.717, 1.165) is 11.4 Å². The fraction of sp³-hybridized carbons (Fsp3) is 0.217. The molecule has 6 nitrogen and oxygen atoms in total. The highest BCUT2D eigenvalue weighted by molar-refractivity contribution is 5.99. The van der Waals surface area contributed by atoms with Gasteiger partial charge in [-0.2, -0.15) is 8.78 Å². The lowest BCUT2D eigenvalue weighted by Crippen LogP contribution is -2.18. The second kappa shape index (κ2) is 9.42. The average molecular weight is 428 g/mol. The molecule has 0 spiro atoms. The predicted octanol–water partition coefficient (Wildman–Crippen LogP) is 4.32. The van der Waals surface area contributed by atoms with Crippen LogP contribution in [0.15, 0.2) is 54.6 Å². The maximum atomic E-state index is 12.8. The minimum atomic E-state index is -2.89. The molecule has 1 heterocycles. The highest BCUT2D eigenvalue weighted by Gasteiger charge is 2.18.